The molecule has 0 radical (unpaired) electrons. The minimum absolute atomic E-state index is 0.125. The normalized spacial score (nSPS) is 18.0. The molecule has 7 nitrogen and oxygen atoms in total. The van der Waals surface area contributed by atoms with E-state index in [1.807, 2.05) is 6.08 Å². The van der Waals surface area contributed by atoms with Crippen LogP contribution >= 0.6 is 0 Å². The average molecular weight is 470 g/mol. The number of phenols is 1. The first-order valence-electron chi connectivity index (χ1n) is 11.7. The van der Waals surface area contributed by atoms with Crippen molar-refractivity contribution in [1.82, 2.24) is 10.2 Å². The molecule has 186 valence electrons. The number of hydrogen-bond donors (Lipinski definition) is 2. The fraction of sp³-hybridized carbons (Fsp3) is 0.519. The third-order valence-corrected chi connectivity index (χ3v) is 6.90. The van der Waals surface area contributed by atoms with Crippen molar-refractivity contribution in [2.75, 3.05) is 25.5 Å². The zero-order valence-corrected chi connectivity index (χ0v) is 22.0. The van der Waals surface area contributed by atoms with Crippen molar-refractivity contribution in [3.05, 3.63) is 46.7 Å². The van der Waals surface area contributed by atoms with Gasteiger partial charge in [-0.3, -0.25) is 14.4 Å². The molecule has 1 unspecified atom stereocenters. The topological polar surface area (TPSA) is 90.0 Å². The van der Waals surface area contributed by atoms with Gasteiger partial charge in [0.15, 0.2) is 0 Å². The summed E-state index contributed by atoms with van der Waals surface area (Å²) in [6.07, 6.45) is 4.53. The number of phenolic OH excluding ortho intramolecular Hbond substituents is 1. The molecule has 1 atom stereocenters. The highest BCUT2D eigenvalue weighted by Gasteiger charge is 2.43. The Balaban J connectivity index is 2.41. The number of amides is 3. The van der Waals surface area contributed by atoms with E-state index in [0.717, 1.165) is 0 Å². The van der Waals surface area contributed by atoms with Gasteiger partial charge in [0.2, 0.25) is 11.8 Å². The zero-order valence-electron chi connectivity index (χ0n) is 22.0. The first-order chi connectivity index (χ1) is 15.6. The number of carbonyl (C=O) groups is 3. The highest BCUT2D eigenvalue weighted by molar-refractivity contribution is 6.00. The van der Waals surface area contributed by atoms with Crippen molar-refractivity contribution in [3.8, 4) is 5.75 Å². The van der Waals surface area contributed by atoms with Crippen LogP contribution in [0, 0.1) is 24.7 Å². The molecule has 7 heteroatoms. The summed E-state index contributed by atoms with van der Waals surface area (Å²) < 4.78 is 0. The molecule has 0 bridgehead atoms. The molecule has 2 N–H and O–H groups in total. The van der Waals surface area contributed by atoms with E-state index in [4.69, 9.17) is 0 Å². The molecule has 0 aliphatic heterocycles. The Morgan fingerprint density at radius 2 is 1.68 bits per heavy atom. The van der Waals surface area contributed by atoms with E-state index in [1.165, 1.54) is 9.80 Å². The molecule has 0 saturated carbocycles. The molecule has 3 amide bonds. The molecule has 0 spiro atoms. The summed E-state index contributed by atoms with van der Waals surface area (Å²) in [6, 6.07) is 3.41. The molecule has 0 aromatic heterocycles. The number of nitrogens with one attached hydrogen (secondary N) is 1. The van der Waals surface area contributed by atoms with Gasteiger partial charge in [0.1, 0.15) is 12.3 Å². The van der Waals surface area contributed by atoms with Crippen molar-refractivity contribution >= 4 is 23.4 Å². The summed E-state index contributed by atoms with van der Waals surface area (Å²) >= 11 is 0. The van der Waals surface area contributed by atoms with Crippen molar-refractivity contribution in [2.45, 2.75) is 61.3 Å². The van der Waals surface area contributed by atoms with Crippen LogP contribution in [-0.4, -0.2) is 48.4 Å². The van der Waals surface area contributed by atoms with Crippen LogP contribution in [0.2, 0.25) is 0 Å². The molecule has 34 heavy (non-hydrogen) atoms. The minimum Gasteiger partial charge on any atom is -0.507 e. The average Bonchev–Trinajstić information content (AvgIpc) is 2.75. The van der Waals surface area contributed by atoms with Gasteiger partial charge in [0.25, 0.3) is 5.91 Å². The number of benzene rings is 1. The molecule has 0 fully saturated rings. The number of carbonyl (C=O) groups excluding carboxylic acids is 3. The Kier molecular flexibility index (Phi) is 8.02. The van der Waals surface area contributed by atoms with E-state index in [0.29, 0.717) is 34.5 Å². The first kappa shape index (κ1) is 27.2. The van der Waals surface area contributed by atoms with E-state index >= 15 is 0 Å². The van der Waals surface area contributed by atoms with Gasteiger partial charge in [-0.15, -0.1) is 0 Å². The van der Waals surface area contributed by atoms with Crippen molar-refractivity contribution in [1.29, 1.82) is 0 Å². The predicted octanol–water partition coefficient (Wildman–Crippen LogP) is 4.22. The second-order valence-electron chi connectivity index (χ2n) is 10.5. The van der Waals surface area contributed by atoms with Crippen LogP contribution in [0.4, 0.5) is 5.69 Å². The summed E-state index contributed by atoms with van der Waals surface area (Å²) in [7, 11) is 3.39. The van der Waals surface area contributed by atoms with E-state index in [2.05, 4.69) is 33.0 Å². The molecule has 1 aromatic rings. The standard InChI is InChI=1S/C27H39N3O4/c1-10-23(32)30(20-13-17(2)24(33)18(3)14-20)16-22(31)28-21-15-19(25(34)29(8)9)11-12-27(21,7)26(4,5)6/h11,13-15,33H,10,12,16H2,1-9H3,(H,28,31). The highest BCUT2D eigenvalue weighted by atomic mass is 16.3. The highest BCUT2D eigenvalue weighted by Crippen LogP contribution is 2.49. The van der Waals surface area contributed by atoms with Crippen LogP contribution in [0.25, 0.3) is 0 Å². The minimum atomic E-state index is -0.413. The van der Waals surface area contributed by atoms with E-state index < -0.39 is 5.41 Å². The summed E-state index contributed by atoms with van der Waals surface area (Å²) in [5, 5.41) is 13.1. The van der Waals surface area contributed by atoms with Gasteiger partial charge in [-0.2, -0.15) is 0 Å². The SMILES string of the molecule is CCC(=O)N(CC(=O)NC1=CC(C(=O)N(C)C)=CCC1(C)C(C)(C)C)c1cc(C)c(O)c(C)c1. The first-order valence-corrected chi connectivity index (χ1v) is 11.7. The number of nitrogens with zero attached hydrogens (tertiary/aromatic N) is 2. The molecular weight excluding hydrogens is 430 g/mol. The van der Waals surface area contributed by atoms with Gasteiger partial charge in [0.05, 0.1) is 0 Å². The number of anilines is 1. The Morgan fingerprint density at radius 3 is 2.15 bits per heavy atom. The number of aromatic hydroxyl groups is 1. The van der Waals surface area contributed by atoms with E-state index in [1.54, 1.807) is 53.1 Å². The van der Waals surface area contributed by atoms with E-state index in [-0.39, 0.29) is 41.9 Å². The number of allylic oxidation sites excluding steroid dienone is 2. The monoisotopic (exact) mass is 469 g/mol. The third-order valence-electron chi connectivity index (χ3n) is 6.90. The molecule has 0 heterocycles. The fourth-order valence-corrected chi connectivity index (χ4v) is 4.03. The van der Waals surface area contributed by atoms with Gasteiger partial charge in [-0.1, -0.05) is 40.7 Å². The van der Waals surface area contributed by atoms with Gasteiger partial charge in [0, 0.05) is 42.9 Å². The Hall–Kier alpha value is -3.09. The van der Waals surface area contributed by atoms with Gasteiger partial charge >= 0.3 is 0 Å². The second-order valence-corrected chi connectivity index (χ2v) is 10.5. The summed E-state index contributed by atoms with van der Waals surface area (Å²) in [6.45, 7) is 13.5. The van der Waals surface area contributed by atoms with Crippen LogP contribution in [0.5, 0.6) is 5.75 Å². The van der Waals surface area contributed by atoms with Gasteiger partial charge in [-0.25, -0.2) is 0 Å². The van der Waals surface area contributed by atoms with E-state index in [9.17, 15) is 19.5 Å². The van der Waals surface area contributed by atoms with Gasteiger partial charge < -0.3 is 20.2 Å². The van der Waals surface area contributed by atoms with Crippen LogP contribution < -0.4 is 10.2 Å². The summed E-state index contributed by atoms with van der Waals surface area (Å²) in [5.74, 6) is -0.486. The lowest BCUT2D eigenvalue weighted by atomic mass is 9.62. The van der Waals surface area contributed by atoms with Crippen molar-refractivity contribution in [2.24, 2.45) is 10.8 Å². The van der Waals surface area contributed by atoms with Crippen LogP contribution in [0.15, 0.2) is 35.6 Å². The molecule has 0 saturated heterocycles. The van der Waals surface area contributed by atoms with Crippen molar-refractivity contribution in [3.63, 3.8) is 0 Å². The quantitative estimate of drug-likeness (QED) is 0.653. The second kappa shape index (κ2) is 10.0. The van der Waals surface area contributed by atoms with Crippen molar-refractivity contribution < 1.29 is 19.5 Å². The maximum Gasteiger partial charge on any atom is 0.253 e. The fourth-order valence-electron chi connectivity index (χ4n) is 4.03. The lowest BCUT2D eigenvalue weighted by Gasteiger charge is -2.45. The zero-order chi connectivity index (χ0) is 26.0. The molecule has 2 rings (SSSR count). The number of hydrogen-bond acceptors (Lipinski definition) is 4. The molecule has 1 aliphatic carbocycles. The number of rotatable bonds is 6. The smallest absolute Gasteiger partial charge is 0.253 e. The summed E-state index contributed by atoms with van der Waals surface area (Å²) in [5.41, 5.74) is 2.43. The largest absolute Gasteiger partial charge is 0.507 e. The molecule has 1 aromatic carbocycles. The Bertz CT molecular complexity index is 1020. The predicted molar refractivity (Wildman–Crippen MR) is 135 cm³/mol. The number of aryl methyl sites for hydroxylation is 2. The Labute approximate surface area is 203 Å². The third kappa shape index (κ3) is 5.51. The van der Waals surface area contributed by atoms with Crippen LogP contribution in [0.3, 0.4) is 0 Å². The molecule has 1 aliphatic rings. The molecular formula is C27H39N3O4. The number of likely N-dealkylation sites (N-methyl/N-ethyl adjacent to an activating group) is 1. The lowest BCUT2D eigenvalue weighted by Crippen LogP contribution is -2.46. The van der Waals surface area contributed by atoms with Gasteiger partial charge in [-0.05, 0) is 55.0 Å². The maximum absolute atomic E-state index is 13.3. The Morgan fingerprint density at radius 1 is 1.12 bits per heavy atom. The summed E-state index contributed by atoms with van der Waals surface area (Å²) in [4.78, 5) is 41.6. The maximum atomic E-state index is 13.3. The van der Waals surface area contributed by atoms with Crippen LogP contribution in [-0.2, 0) is 14.4 Å². The van der Waals surface area contributed by atoms with Crippen LogP contribution in [0.1, 0.15) is 58.6 Å². The lowest BCUT2D eigenvalue weighted by molar-refractivity contribution is -0.124.